The third kappa shape index (κ3) is 2.94. The number of nitrogens with zero attached hydrogens (tertiary/aromatic N) is 1. The predicted octanol–water partition coefficient (Wildman–Crippen LogP) is 1.40. The van der Waals surface area contributed by atoms with E-state index in [0.717, 1.165) is 0 Å². The summed E-state index contributed by atoms with van der Waals surface area (Å²) in [6.07, 6.45) is 2.98. The van der Waals surface area contributed by atoms with Crippen molar-refractivity contribution in [2.75, 3.05) is 6.26 Å². The van der Waals surface area contributed by atoms with Crippen LogP contribution in [0.5, 0.6) is 0 Å². The molecule has 0 N–H and O–H groups in total. The summed E-state index contributed by atoms with van der Waals surface area (Å²) in [6, 6.07) is 1.29. The topological polar surface area (TPSA) is 48.4 Å². The molecule has 1 aromatic heterocycles. The monoisotopic (exact) mass is 299 g/mol. The molecule has 1 unspecified atom stereocenters. The van der Waals surface area contributed by atoms with Gasteiger partial charge in [0.15, 0.2) is 0 Å². The van der Waals surface area contributed by atoms with Crippen LogP contribution in [0.1, 0.15) is 33.3 Å². The van der Waals surface area contributed by atoms with Crippen LogP contribution in [0, 0.1) is 5.95 Å². The summed E-state index contributed by atoms with van der Waals surface area (Å²) in [6.45, 7) is 7.78. The van der Waals surface area contributed by atoms with E-state index >= 15 is 0 Å². The van der Waals surface area contributed by atoms with Crippen molar-refractivity contribution >= 4 is 23.4 Å². The molecule has 7 heteroatoms. The van der Waals surface area contributed by atoms with E-state index in [4.69, 9.17) is 9.31 Å². The molecule has 1 aliphatic heterocycles. The second-order valence-electron chi connectivity index (χ2n) is 6.01. The highest BCUT2D eigenvalue weighted by molar-refractivity contribution is 7.83. The zero-order valence-corrected chi connectivity index (χ0v) is 13.2. The Balaban J connectivity index is 2.37. The fourth-order valence-electron chi connectivity index (χ4n) is 2.00. The third-order valence-corrected chi connectivity index (χ3v) is 4.57. The molecule has 1 atom stereocenters. The maximum Gasteiger partial charge on any atom is 0.496 e. The summed E-state index contributed by atoms with van der Waals surface area (Å²) in [5.41, 5.74) is 0.292. The average molecular weight is 299 g/mol. The first-order valence-corrected chi connectivity index (χ1v) is 8.15. The summed E-state index contributed by atoms with van der Waals surface area (Å²) >= 11 is 0. The van der Waals surface area contributed by atoms with Crippen molar-refractivity contribution in [2.24, 2.45) is 0 Å². The van der Waals surface area contributed by atoms with E-state index in [-0.39, 0.29) is 5.75 Å². The van der Waals surface area contributed by atoms with E-state index in [1.54, 1.807) is 6.26 Å². The molecule has 2 heterocycles. The van der Waals surface area contributed by atoms with Crippen LogP contribution in [0.2, 0.25) is 0 Å². The average Bonchev–Trinajstić information content (AvgIpc) is 2.46. The zero-order valence-electron chi connectivity index (χ0n) is 12.4. The molecule has 0 amide bonds. The summed E-state index contributed by atoms with van der Waals surface area (Å²) < 4.78 is 36.6. The van der Waals surface area contributed by atoms with Crippen LogP contribution in [0.4, 0.5) is 4.39 Å². The number of aromatic nitrogens is 1. The van der Waals surface area contributed by atoms with Crippen molar-refractivity contribution in [1.82, 2.24) is 4.98 Å². The molecule has 0 bridgehead atoms. The molecule has 0 spiro atoms. The van der Waals surface area contributed by atoms with Crippen LogP contribution < -0.4 is 5.46 Å². The van der Waals surface area contributed by atoms with Crippen molar-refractivity contribution in [1.29, 1.82) is 0 Å². The number of hydrogen-bond donors (Lipinski definition) is 0. The van der Waals surface area contributed by atoms with E-state index in [9.17, 15) is 8.60 Å². The maximum atomic E-state index is 13.3. The lowest BCUT2D eigenvalue weighted by atomic mass is 9.77. The summed E-state index contributed by atoms with van der Waals surface area (Å²) in [4.78, 5) is 3.66. The summed E-state index contributed by atoms with van der Waals surface area (Å²) in [5.74, 6) is -0.343. The van der Waals surface area contributed by atoms with E-state index in [0.29, 0.717) is 11.0 Å². The molecule has 110 valence electrons. The molecule has 0 aromatic carbocycles. The first-order chi connectivity index (χ1) is 9.12. The molecule has 0 radical (unpaired) electrons. The van der Waals surface area contributed by atoms with Gasteiger partial charge in [0.1, 0.15) is 0 Å². The molecule has 1 aromatic rings. The lowest BCUT2D eigenvalue weighted by Gasteiger charge is -2.32. The van der Waals surface area contributed by atoms with Crippen LogP contribution in [0.15, 0.2) is 12.3 Å². The van der Waals surface area contributed by atoms with Crippen LogP contribution in [-0.4, -0.2) is 33.8 Å². The van der Waals surface area contributed by atoms with Gasteiger partial charge in [-0.1, -0.05) is 0 Å². The van der Waals surface area contributed by atoms with Crippen molar-refractivity contribution in [3.8, 4) is 0 Å². The van der Waals surface area contributed by atoms with Crippen molar-refractivity contribution in [3.63, 3.8) is 0 Å². The lowest BCUT2D eigenvalue weighted by Crippen LogP contribution is -2.41. The molecule has 1 saturated heterocycles. The Morgan fingerprint density at radius 2 is 1.85 bits per heavy atom. The van der Waals surface area contributed by atoms with Crippen LogP contribution in [-0.2, 0) is 25.9 Å². The largest absolute Gasteiger partial charge is 0.496 e. The molecular formula is C13H19BFNO3S. The Morgan fingerprint density at radius 3 is 2.35 bits per heavy atom. The second kappa shape index (κ2) is 5.20. The summed E-state index contributed by atoms with van der Waals surface area (Å²) in [7, 11) is -1.70. The van der Waals surface area contributed by atoms with Crippen LogP contribution in [0.25, 0.3) is 0 Å². The SMILES string of the molecule is CS(=O)Cc1cc(F)ncc1B1OC(C)(C)C(C)(C)O1. The van der Waals surface area contributed by atoms with Gasteiger partial charge in [-0.05, 0) is 39.3 Å². The van der Waals surface area contributed by atoms with Crippen molar-refractivity contribution in [2.45, 2.75) is 44.6 Å². The van der Waals surface area contributed by atoms with Gasteiger partial charge in [-0.2, -0.15) is 4.39 Å². The zero-order chi connectivity index (χ0) is 15.1. The minimum Gasteiger partial charge on any atom is -0.399 e. The highest BCUT2D eigenvalue weighted by Gasteiger charge is 2.52. The van der Waals surface area contributed by atoms with E-state index in [1.165, 1.54) is 12.3 Å². The first-order valence-electron chi connectivity index (χ1n) is 6.42. The highest BCUT2D eigenvalue weighted by Crippen LogP contribution is 2.36. The van der Waals surface area contributed by atoms with E-state index < -0.39 is 35.1 Å². The molecule has 2 rings (SSSR count). The number of hydrogen-bond acceptors (Lipinski definition) is 4. The minimum absolute atomic E-state index is 0.249. The standard InChI is InChI=1S/C13H19BFNO3S/c1-12(2)13(3,4)19-14(18-12)10-7-16-11(15)6-9(10)8-20(5)17/h6-7H,8H2,1-5H3. The van der Waals surface area contributed by atoms with Gasteiger partial charge in [-0.3, -0.25) is 4.21 Å². The summed E-state index contributed by atoms with van der Waals surface area (Å²) in [5, 5.41) is 0. The van der Waals surface area contributed by atoms with Crippen LogP contribution >= 0.6 is 0 Å². The number of pyridine rings is 1. The molecule has 1 fully saturated rings. The van der Waals surface area contributed by atoms with Gasteiger partial charge >= 0.3 is 7.12 Å². The van der Waals surface area contributed by atoms with Gasteiger partial charge in [0.25, 0.3) is 0 Å². The second-order valence-corrected chi connectivity index (χ2v) is 7.45. The Hall–Kier alpha value is -0.785. The maximum absolute atomic E-state index is 13.3. The lowest BCUT2D eigenvalue weighted by molar-refractivity contribution is 0.00578. The van der Waals surface area contributed by atoms with E-state index in [1.807, 2.05) is 27.7 Å². The molecule has 0 aliphatic carbocycles. The van der Waals surface area contributed by atoms with E-state index in [2.05, 4.69) is 4.98 Å². The molecular weight excluding hydrogens is 280 g/mol. The van der Waals surface area contributed by atoms with Crippen LogP contribution in [0.3, 0.4) is 0 Å². The first kappa shape index (κ1) is 15.6. The normalized spacial score (nSPS) is 22.0. The fraction of sp³-hybridized carbons (Fsp3) is 0.615. The highest BCUT2D eigenvalue weighted by atomic mass is 32.2. The fourth-order valence-corrected chi connectivity index (χ4v) is 2.69. The van der Waals surface area contributed by atoms with Crippen molar-refractivity contribution in [3.05, 3.63) is 23.8 Å². The van der Waals surface area contributed by atoms with Gasteiger partial charge < -0.3 is 9.31 Å². The minimum atomic E-state index is -1.08. The van der Waals surface area contributed by atoms with Gasteiger partial charge in [-0.15, -0.1) is 0 Å². The molecule has 4 nitrogen and oxygen atoms in total. The van der Waals surface area contributed by atoms with Gasteiger partial charge in [-0.25, -0.2) is 4.98 Å². The molecule has 1 aliphatic rings. The van der Waals surface area contributed by atoms with Gasteiger partial charge in [0, 0.05) is 34.5 Å². The molecule has 0 saturated carbocycles. The number of rotatable bonds is 3. The Bertz CT molecular complexity index is 534. The molecule has 20 heavy (non-hydrogen) atoms. The number of halogens is 1. The van der Waals surface area contributed by atoms with Gasteiger partial charge in [0.2, 0.25) is 5.95 Å². The quantitative estimate of drug-likeness (QED) is 0.625. The van der Waals surface area contributed by atoms with Crippen molar-refractivity contribution < 1.29 is 17.9 Å². The third-order valence-electron chi connectivity index (χ3n) is 3.86. The Kier molecular flexibility index (Phi) is 4.06. The Morgan fingerprint density at radius 1 is 1.30 bits per heavy atom. The predicted molar refractivity (Wildman–Crippen MR) is 77.7 cm³/mol. The Labute approximate surface area is 121 Å². The van der Waals surface area contributed by atoms with Gasteiger partial charge in [0.05, 0.1) is 11.2 Å². The smallest absolute Gasteiger partial charge is 0.399 e.